The van der Waals surface area contributed by atoms with Crippen LogP contribution in [0.15, 0.2) is 48.0 Å². The zero-order valence-electron chi connectivity index (χ0n) is 18.5. The number of nitrogens with one attached hydrogen (secondary N) is 2. The number of ether oxygens (including phenoxy) is 1. The monoisotopic (exact) mass is 412 g/mol. The number of likely N-dealkylation sites (tertiary alicyclic amines) is 2. The molecule has 166 valence electrons. The van der Waals surface area contributed by atoms with Crippen molar-refractivity contribution in [1.29, 1.82) is 0 Å². The van der Waals surface area contributed by atoms with Gasteiger partial charge >= 0.3 is 0 Å². The minimum Gasteiger partial charge on any atom is -0.494 e. The van der Waals surface area contributed by atoms with Gasteiger partial charge in [0, 0.05) is 38.8 Å². The molecule has 1 unspecified atom stereocenters. The van der Waals surface area contributed by atoms with Crippen LogP contribution in [0, 0.1) is 5.92 Å². The summed E-state index contributed by atoms with van der Waals surface area (Å²) in [7, 11) is 0. The second-order valence-corrected chi connectivity index (χ2v) is 9.17. The van der Waals surface area contributed by atoms with Crippen molar-refractivity contribution < 1.29 is 4.74 Å². The third kappa shape index (κ3) is 6.92. The highest BCUT2D eigenvalue weighted by Gasteiger charge is 2.22. The van der Waals surface area contributed by atoms with Crippen LogP contribution in [0.3, 0.4) is 0 Å². The molecule has 0 amide bonds. The summed E-state index contributed by atoms with van der Waals surface area (Å²) in [4.78, 5) is 5.22. The maximum absolute atomic E-state index is 6.01. The molecule has 4 rings (SSSR count). The van der Waals surface area contributed by atoms with Gasteiger partial charge in [0.1, 0.15) is 5.76 Å². The minimum absolute atomic E-state index is 0.596. The van der Waals surface area contributed by atoms with E-state index in [1.165, 1.54) is 77.2 Å². The number of piperidine rings is 2. The molecular weight excluding hydrogens is 372 g/mol. The van der Waals surface area contributed by atoms with Gasteiger partial charge in [-0.05, 0) is 75.8 Å². The number of allylic oxidation sites excluding steroid dienone is 4. The SMILES string of the molecule is C1=CCNC(NC2CCN(CC3C=CC(OCCCN4CCCCC4)=CC3)CC2)=C1. The second-order valence-electron chi connectivity index (χ2n) is 9.17. The third-order valence-corrected chi connectivity index (χ3v) is 6.74. The third-order valence-electron chi connectivity index (χ3n) is 6.74. The van der Waals surface area contributed by atoms with E-state index in [4.69, 9.17) is 4.74 Å². The van der Waals surface area contributed by atoms with Gasteiger partial charge in [-0.3, -0.25) is 0 Å². The van der Waals surface area contributed by atoms with E-state index in [-0.39, 0.29) is 0 Å². The van der Waals surface area contributed by atoms with Crippen LogP contribution in [-0.4, -0.2) is 68.3 Å². The van der Waals surface area contributed by atoms with E-state index >= 15 is 0 Å². The normalized spacial score (nSPS) is 26.1. The Labute approximate surface area is 182 Å². The molecule has 5 heteroatoms. The fraction of sp³-hybridized carbons (Fsp3) is 0.680. The fourth-order valence-corrected chi connectivity index (χ4v) is 4.92. The molecule has 2 N–H and O–H groups in total. The van der Waals surface area contributed by atoms with E-state index in [1.807, 2.05) is 0 Å². The summed E-state index contributed by atoms with van der Waals surface area (Å²) in [6, 6.07) is 0.596. The molecule has 2 saturated heterocycles. The van der Waals surface area contributed by atoms with Gasteiger partial charge in [0.2, 0.25) is 0 Å². The van der Waals surface area contributed by atoms with Gasteiger partial charge < -0.3 is 25.2 Å². The molecule has 0 radical (unpaired) electrons. The van der Waals surface area contributed by atoms with E-state index in [0.717, 1.165) is 31.8 Å². The first-order valence-corrected chi connectivity index (χ1v) is 12.2. The highest BCUT2D eigenvalue weighted by molar-refractivity contribution is 5.19. The molecule has 0 spiro atoms. The first-order chi connectivity index (χ1) is 14.8. The second kappa shape index (κ2) is 11.6. The summed E-state index contributed by atoms with van der Waals surface area (Å²) >= 11 is 0. The molecular formula is C25H40N4O. The van der Waals surface area contributed by atoms with Crippen molar-refractivity contribution in [3.8, 4) is 0 Å². The van der Waals surface area contributed by atoms with Crippen LogP contribution in [0.2, 0.25) is 0 Å². The standard InChI is InChI=1S/C25H40N4O/c1-4-15-28(16-5-1)17-6-20-30-24-10-8-22(9-11-24)21-29-18-12-23(13-19-29)27-25-7-2-3-14-26-25/h2-3,7-8,10-11,22-23,26-27H,1,4-6,9,12-21H2. The van der Waals surface area contributed by atoms with Crippen LogP contribution in [0.4, 0.5) is 0 Å². The average molecular weight is 413 g/mol. The predicted molar refractivity (Wildman–Crippen MR) is 124 cm³/mol. The van der Waals surface area contributed by atoms with Gasteiger partial charge in [0.05, 0.1) is 12.4 Å². The lowest BCUT2D eigenvalue weighted by molar-refractivity contribution is 0.171. The number of hydrogen-bond donors (Lipinski definition) is 2. The maximum atomic E-state index is 6.01. The van der Waals surface area contributed by atoms with Gasteiger partial charge in [-0.25, -0.2) is 0 Å². The smallest absolute Gasteiger partial charge is 0.115 e. The highest BCUT2D eigenvalue weighted by atomic mass is 16.5. The van der Waals surface area contributed by atoms with Crippen LogP contribution in [0.1, 0.15) is 44.9 Å². The summed E-state index contributed by atoms with van der Waals surface area (Å²) in [6.45, 7) is 9.08. The molecule has 3 aliphatic heterocycles. The van der Waals surface area contributed by atoms with Crippen LogP contribution in [0.25, 0.3) is 0 Å². The summed E-state index contributed by atoms with van der Waals surface area (Å²) in [5, 5.41) is 7.06. The highest BCUT2D eigenvalue weighted by Crippen LogP contribution is 2.21. The Morgan fingerprint density at radius 2 is 1.93 bits per heavy atom. The van der Waals surface area contributed by atoms with E-state index in [2.05, 4.69) is 56.9 Å². The van der Waals surface area contributed by atoms with Crippen molar-refractivity contribution in [1.82, 2.24) is 20.4 Å². The summed E-state index contributed by atoms with van der Waals surface area (Å²) in [5.74, 6) is 2.89. The van der Waals surface area contributed by atoms with E-state index in [1.54, 1.807) is 0 Å². The number of hydrogen-bond acceptors (Lipinski definition) is 5. The molecule has 0 aromatic carbocycles. The van der Waals surface area contributed by atoms with Crippen LogP contribution >= 0.6 is 0 Å². The predicted octanol–water partition coefficient (Wildman–Crippen LogP) is 3.39. The first kappa shape index (κ1) is 21.5. The number of rotatable bonds is 9. The molecule has 30 heavy (non-hydrogen) atoms. The molecule has 5 nitrogen and oxygen atoms in total. The quantitative estimate of drug-likeness (QED) is 0.568. The zero-order valence-corrected chi connectivity index (χ0v) is 18.5. The zero-order chi connectivity index (χ0) is 20.4. The molecule has 0 saturated carbocycles. The molecule has 3 heterocycles. The number of nitrogens with zero attached hydrogens (tertiary/aromatic N) is 2. The average Bonchev–Trinajstić information content (AvgIpc) is 2.80. The lowest BCUT2D eigenvalue weighted by atomic mass is 9.97. The Morgan fingerprint density at radius 3 is 2.67 bits per heavy atom. The fourth-order valence-electron chi connectivity index (χ4n) is 4.92. The van der Waals surface area contributed by atoms with Crippen molar-refractivity contribution >= 4 is 0 Å². The molecule has 1 atom stereocenters. The Hall–Kier alpha value is -1.72. The van der Waals surface area contributed by atoms with Gasteiger partial charge in [-0.1, -0.05) is 24.6 Å². The van der Waals surface area contributed by atoms with Gasteiger partial charge in [-0.15, -0.1) is 0 Å². The van der Waals surface area contributed by atoms with Crippen LogP contribution in [-0.2, 0) is 4.74 Å². The van der Waals surface area contributed by atoms with Crippen LogP contribution in [0.5, 0.6) is 0 Å². The molecule has 0 aromatic heterocycles. The molecule has 0 aromatic rings. The molecule has 4 aliphatic rings. The van der Waals surface area contributed by atoms with Crippen LogP contribution < -0.4 is 10.6 Å². The molecule has 0 bridgehead atoms. The van der Waals surface area contributed by atoms with Gasteiger partial charge in [0.15, 0.2) is 0 Å². The topological polar surface area (TPSA) is 39.8 Å². The lowest BCUT2D eigenvalue weighted by Crippen LogP contribution is -2.45. The summed E-state index contributed by atoms with van der Waals surface area (Å²) in [6.07, 6.45) is 22.1. The Balaban J connectivity index is 1.07. The van der Waals surface area contributed by atoms with Crippen molar-refractivity contribution in [3.05, 3.63) is 48.0 Å². The Morgan fingerprint density at radius 1 is 1.07 bits per heavy atom. The first-order valence-electron chi connectivity index (χ1n) is 12.2. The Kier molecular flexibility index (Phi) is 8.33. The Bertz CT molecular complexity index is 640. The lowest BCUT2D eigenvalue weighted by Gasteiger charge is -2.35. The summed E-state index contributed by atoms with van der Waals surface area (Å²) < 4.78 is 6.01. The minimum atomic E-state index is 0.596. The van der Waals surface area contributed by atoms with E-state index < -0.39 is 0 Å². The van der Waals surface area contributed by atoms with Gasteiger partial charge in [-0.2, -0.15) is 0 Å². The van der Waals surface area contributed by atoms with E-state index in [0.29, 0.717) is 12.0 Å². The van der Waals surface area contributed by atoms with Crippen molar-refractivity contribution in [2.45, 2.75) is 51.0 Å². The largest absolute Gasteiger partial charge is 0.494 e. The molecule has 2 fully saturated rings. The van der Waals surface area contributed by atoms with Gasteiger partial charge in [0.25, 0.3) is 0 Å². The van der Waals surface area contributed by atoms with Crippen molar-refractivity contribution in [3.63, 3.8) is 0 Å². The summed E-state index contributed by atoms with van der Waals surface area (Å²) in [5.41, 5.74) is 0. The number of dihydropyridines is 1. The van der Waals surface area contributed by atoms with Crippen molar-refractivity contribution in [2.24, 2.45) is 5.92 Å². The van der Waals surface area contributed by atoms with Crippen molar-refractivity contribution in [2.75, 3.05) is 52.4 Å². The molecule has 1 aliphatic carbocycles. The maximum Gasteiger partial charge on any atom is 0.115 e. The van der Waals surface area contributed by atoms with E-state index in [9.17, 15) is 0 Å².